The van der Waals surface area contributed by atoms with E-state index >= 15 is 0 Å². The van der Waals surface area contributed by atoms with Crippen LogP contribution in [0.1, 0.15) is 121 Å². The van der Waals surface area contributed by atoms with Gasteiger partial charge in [0, 0.05) is 0 Å². The van der Waals surface area contributed by atoms with Crippen molar-refractivity contribution >= 4 is 0 Å². The van der Waals surface area contributed by atoms with E-state index in [9.17, 15) is 0 Å². The van der Waals surface area contributed by atoms with E-state index < -0.39 is 0 Å². The molecule has 24 heavy (non-hydrogen) atoms. The van der Waals surface area contributed by atoms with Gasteiger partial charge in [-0.1, -0.05) is 81.1 Å². The van der Waals surface area contributed by atoms with Crippen LogP contribution in [0, 0.1) is 10.8 Å². The molecule has 0 bridgehead atoms. The van der Waals surface area contributed by atoms with Crippen molar-refractivity contribution < 1.29 is 0 Å². The van der Waals surface area contributed by atoms with Crippen molar-refractivity contribution in [2.24, 2.45) is 21.1 Å². The van der Waals surface area contributed by atoms with Gasteiger partial charge in [0.2, 0.25) is 0 Å². The zero-order chi connectivity index (χ0) is 19.1. The van der Waals surface area contributed by atoms with Gasteiger partial charge in [-0.25, -0.2) is 0 Å². The maximum absolute atomic E-state index is 4.98. The first-order valence-electron chi connectivity index (χ1n) is 10.4. The van der Waals surface area contributed by atoms with E-state index in [2.05, 4.69) is 69.2 Å². The summed E-state index contributed by atoms with van der Waals surface area (Å²) in [6, 6.07) is 0. The lowest BCUT2D eigenvalue weighted by Crippen LogP contribution is -2.33. The average molecular weight is 339 g/mol. The van der Waals surface area contributed by atoms with Crippen molar-refractivity contribution in [2.75, 3.05) is 0 Å². The predicted octanol–water partition coefficient (Wildman–Crippen LogP) is 8.21. The lowest BCUT2D eigenvalue weighted by molar-refractivity contribution is 0.174. The molecule has 144 valence electrons. The van der Waals surface area contributed by atoms with Crippen LogP contribution in [0.25, 0.3) is 0 Å². The predicted molar refractivity (Wildman–Crippen MR) is 109 cm³/mol. The fraction of sp³-hybridized carbons (Fsp3) is 1.00. The zero-order valence-corrected chi connectivity index (χ0v) is 18.6. The number of azo groups is 1. The van der Waals surface area contributed by atoms with Gasteiger partial charge in [-0.15, -0.1) is 0 Å². The lowest BCUT2D eigenvalue weighted by atomic mass is 9.73. The van der Waals surface area contributed by atoms with Gasteiger partial charge in [-0.2, -0.15) is 10.2 Å². The first-order valence-corrected chi connectivity index (χ1v) is 10.4. The Labute approximate surface area is 153 Å². The Morgan fingerprint density at radius 2 is 0.708 bits per heavy atom. The summed E-state index contributed by atoms with van der Waals surface area (Å²) in [5.74, 6) is 0. The molecule has 0 aromatic heterocycles. The van der Waals surface area contributed by atoms with Crippen molar-refractivity contribution in [1.82, 2.24) is 0 Å². The SMILES string of the molecule is CCC(C)(CC)CC(C)(CC)N=NC(C)(CC)CC(C)(CC)CC. The molecule has 0 aliphatic heterocycles. The van der Waals surface area contributed by atoms with Crippen LogP contribution in [-0.2, 0) is 0 Å². The van der Waals surface area contributed by atoms with E-state index in [1.165, 1.54) is 25.7 Å². The van der Waals surface area contributed by atoms with Gasteiger partial charge in [0.15, 0.2) is 0 Å². The fourth-order valence-electron chi connectivity index (χ4n) is 3.54. The summed E-state index contributed by atoms with van der Waals surface area (Å²) in [5.41, 5.74) is 0.666. The maximum Gasteiger partial charge on any atom is 0.0790 e. The summed E-state index contributed by atoms with van der Waals surface area (Å²) in [7, 11) is 0. The molecule has 0 aliphatic rings. The van der Waals surface area contributed by atoms with Gasteiger partial charge in [0.05, 0.1) is 11.1 Å². The summed E-state index contributed by atoms with van der Waals surface area (Å²) >= 11 is 0. The Morgan fingerprint density at radius 1 is 0.458 bits per heavy atom. The van der Waals surface area contributed by atoms with E-state index in [4.69, 9.17) is 10.2 Å². The van der Waals surface area contributed by atoms with Crippen LogP contribution >= 0.6 is 0 Å². The second-order valence-electron chi connectivity index (χ2n) is 9.29. The van der Waals surface area contributed by atoms with Crippen molar-refractivity contribution in [1.29, 1.82) is 0 Å². The third-order valence-corrected chi connectivity index (χ3v) is 7.09. The number of hydrogen-bond donors (Lipinski definition) is 0. The standard InChI is InChI=1S/C22H46N2/c1-11-19(7,12-2)17-21(9,15-5)23-24-22(10,16-6)18-20(8,13-3)14-4/h11-18H2,1-10H3. The summed E-state index contributed by atoms with van der Waals surface area (Å²) < 4.78 is 0. The van der Waals surface area contributed by atoms with Gasteiger partial charge in [-0.3, -0.25) is 0 Å². The van der Waals surface area contributed by atoms with Gasteiger partial charge in [0.25, 0.3) is 0 Å². The molecule has 0 aromatic carbocycles. The molecule has 2 unspecified atom stereocenters. The molecule has 0 rings (SSSR count). The molecule has 0 heterocycles. The van der Waals surface area contributed by atoms with Crippen LogP contribution in [0.15, 0.2) is 10.2 Å². The highest BCUT2D eigenvalue weighted by Gasteiger charge is 2.35. The highest BCUT2D eigenvalue weighted by molar-refractivity contribution is 4.92. The van der Waals surface area contributed by atoms with Crippen LogP contribution in [-0.4, -0.2) is 11.1 Å². The lowest BCUT2D eigenvalue weighted by Gasteiger charge is -2.38. The monoisotopic (exact) mass is 338 g/mol. The van der Waals surface area contributed by atoms with Crippen molar-refractivity contribution in [2.45, 2.75) is 132 Å². The average Bonchev–Trinajstić information content (AvgIpc) is 2.59. The van der Waals surface area contributed by atoms with Gasteiger partial charge >= 0.3 is 0 Å². The molecule has 0 radical (unpaired) electrons. The summed E-state index contributed by atoms with van der Waals surface area (Å²) in [6.45, 7) is 23.2. The van der Waals surface area contributed by atoms with Crippen molar-refractivity contribution in [3.05, 3.63) is 0 Å². The Hall–Kier alpha value is -0.400. The number of hydrogen-bond acceptors (Lipinski definition) is 2. The third-order valence-electron chi connectivity index (χ3n) is 7.09. The first kappa shape index (κ1) is 23.6. The van der Waals surface area contributed by atoms with E-state index in [1.54, 1.807) is 0 Å². The van der Waals surface area contributed by atoms with E-state index in [0.29, 0.717) is 10.8 Å². The molecule has 2 atom stereocenters. The Balaban J connectivity index is 5.38. The quantitative estimate of drug-likeness (QED) is 0.320. The molecule has 0 saturated carbocycles. The highest BCUT2D eigenvalue weighted by Crippen LogP contribution is 2.41. The molecule has 0 aromatic rings. The fourth-order valence-corrected chi connectivity index (χ4v) is 3.54. The molecule has 0 saturated heterocycles. The third kappa shape index (κ3) is 6.84. The van der Waals surface area contributed by atoms with E-state index in [-0.39, 0.29) is 11.1 Å². The molecule has 0 aliphatic carbocycles. The van der Waals surface area contributed by atoms with Crippen LogP contribution in [0.5, 0.6) is 0 Å². The highest BCUT2D eigenvalue weighted by atomic mass is 15.2. The number of nitrogens with zero attached hydrogens (tertiary/aromatic N) is 2. The molecule has 0 spiro atoms. The van der Waals surface area contributed by atoms with Crippen LogP contribution < -0.4 is 0 Å². The van der Waals surface area contributed by atoms with E-state index in [1.807, 2.05) is 0 Å². The first-order chi connectivity index (χ1) is 11.0. The van der Waals surface area contributed by atoms with Gasteiger partial charge < -0.3 is 0 Å². The Kier molecular flexibility index (Phi) is 9.18. The van der Waals surface area contributed by atoms with Crippen molar-refractivity contribution in [3.8, 4) is 0 Å². The molecule has 0 fully saturated rings. The van der Waals surface area contributed by atoms with Gasteiger partial charge in [-0.05, 0) is 50.4 Å². The minimum atomic E-state index is -0.0357. The largest absolute Gasteiger partial charge is 0.187 e. The second-order valence-corrected chi connectivity index (χ2v) is 9.29. The van der Waals surface area contributed by atoms with E-state index in [0.717, 1.165) is 25.7 Å². The van der Waals surface area contributed by atoms with Crippen LogP contribution in [0.2, 0.25) is 0 Å². The molecule has 2 nitrogen and oxygen atoms in total. The summed E-state index contributed by atoms with van der Waals surface area (Å²) in [5, 5.41) is 9.95. The topological polar surface area (TPSA) is 24.7 Å². The molecule has 2 heteroatoms. The minimum Gasteiger partial charge on any atom is -0.187 e. The number of rotatable bonds is 12. The second kappa shape index (κ2) is 9.34. The van der Waals surface area contributed by atoms with Crippen LogP contribution in [0.3, 0.4) is 0 Å². The smallest absolute Gasteiger partial charge is 0.0790 e. The molecule has 0 amide bonds. The molecular formula is C22H46N2. The van der Waals surface area contributed by atoms with Crippen LogP contribution in [0.4, 0.5) is 0 Å². The molecular weight excluding hydrogens is 292 g/mol. The molecule has 0 N–H and O–H groups in total. The zero-order valence-electron chi connectivity index (χ0n) is 18.6. The Bertz CT molecular complexity index is 343. The normalized spacial score (nSPS) is 18.6. The summed E-state index contributed by atoms with van der Waals surface area (Å²) in [6.07, 6.45) is 9.23. The Morgan fingerprint density at radius 3 is 0.875 bits per heavy atom. The minimum absolute atomic E-state index is 0.0357. The maximum atomic E-state index is 4.98. The van der Waals surface area contributed by atoms with Gasteiger partial charge in [0.1, 0.15) is 0 Å². The summed E-state index contributed by atoms with van der Waals surface area (Å²) in [4.78, 5) is 0. The van der Waals surface area contributed by atoms with Crippen molar-refractivity contribution in [3.63, 3.8) is 0 Å².